The number of rotatable bonds is 4. The lowest BCUT2D eigenvalue weighted by molar-refractivity contribution is 0.341. The van der Waals surface area contributed by atoms with E-state index in [4.69, 9.17) is 0 Å². The minimum atomic E-state index is 0.538. The van der Waals surface area contributed by atoms with Crippen LogP contribution in [0.5, 0.6) is 0 Å². The zero-order valence-corrected chi connectivity index (χ0v) is 13.1. The molecule has 2 aromatic heterocycles. The lowest BCUT2D eigenvalue weighted by Gasteiger charge is -2.35. The quantitative estimate of drug-likeness (QED) is 0.929. The number of aromatic nitrogens is 4. The van der Waals surface area contributed by atoms with Gasteiger partial charge in [0, 0.05) is 31.5 Å². The van der Waals surface area contributed by atoms with E-state index in [-0.39, 0.29) is 0 Å². The van der Waals surface area contributed by atoms with Crippen LogP contribution in [0.15, 0.2) is 12.4 Å². The fourth-order valence-corrected chi connectivity index (χ4v) is 3.31. The first-order valence-corrected chi connectivity index (χ1v) is 7.83. The van der Waals surface area contributed by atoms with E-state index in [2.05, 4.69) is 39.4 Å². The maximum atomic E-state index is 4.54. The molecule has 0 aromatic carbocycles. The van der Waals surface area contributed by atoms with Crippen LogP contribution in [0.25, 0.3) is 5.65 Å². The summed E-state index contributed by atoms with van der Waals surface area (Å²) in [4.78, 5) is 6.82. The van der Waals surface area contributed by atoms with Gasteiger partial charge in [-0.05, 0) is 39.2 Å². The summed E-state index contributed by atoms with van der Waals surface area (Å²) in [7, 11) is 2.13. The lowest BCUT2D eigenvalue weighted by atomic mass is 9.90. The molecule has 3 rings (SSSR count). The van der Waals surface area contributed by atoms with Crippen molar-refractivity contribution in [3.63, 3.8) is 0 Å². The molecular weight excluding hydrogens is 264 g/mol. The van der Waals surface area contributed by atoms with Gasteiger partial charge in [-0.15, -0.1) is 10.2 Å². The lowest BCUT2D eigenvalue weighted by Crippen LogP contribution is -2.41. The standard InChI is InChI=1S/C15H24N6/c1-4-16-12-5-7-13(8-6-12)20(3)14-15-19-18-11(2)21(15)10-9-17-14/h9-10,12-13,16H,4-8H2,1-3H3. The molecule has 1 aliphatic carbocycles. The van der Waals surface area contributed by atoms with Crippen molar-refractivity contribution in [2.24, 2.45) is 0 Å². The Labute approximate surface area is 125 Å². The molecule has 0 amide bonds. The van der Waals surface area contributed by atoms with Crippen LogP contribution in [-0.2, 0) is 0 Å². The minimum absolute atomic E-state index is 0.538. The number of nitrogens with one attached hydrogen (secondary N) is 1. The van der Waals surface area contributed by atoms with Crippen molar-refractivity contribution in [1.29, 1.82) is 0 Å². The molecule has 1 saturated carbocycles. The predicted octanol–water partition coefficient (Wildman–Crippen LogP) is 1.79. The second-order valence-corrected chi connectivity index (χ2v) is 5.87. The summed E-state index contributed by atoms with van der Waals surface area (Å²) >= 11 is 0. The number of hydrogen-bond acceptors (Lipinski definition) is 5. The molecule has 0 unspecified atom stereocenters. The number of anilines is 1. The molecule has 0 aliphatic heterocycles. The first kappa shape index (κ1) is 14.3. The third-order valence-corrected chi connectivity index (χ3v) is 4.55. The van der Waals surface area contributed by atoms with E-state index in [1.54, 1.807) is 0 Å². The van der Waals surface area contributed by atoms with Gasteiger partial charge in [0.05, 0.1) is 0 Å². The highest BCUT2D eigenvalue weighted by molar-refractivity contribution is 5.63. The molecule has 0 saturated heterocycles. The van der Waals surface area contributed by atoms with Gasteiger partial charge in [0.2, 0.25) is 5.65 Å². The highest BCUT2D eigenvalue weighted by Gasteiger charge is 2.25. The van der Waals surface area contributed by atoms with Crippen molar-refractivity contribution in [1.82, 2.24) is 24.9 Å². The number of hydrogen-bond donors (Lipinski definition) is 1. The maximum absolute atomic E-state index is 4.54. The zero-order chi connectivity index (χ0) is 14.8. The van der Waals surface area contributed by atoms with Crippen molar-refractivity contribution in [2.75, 3.05) is 18.5 Å². The van der Waals surface area contributed by atoms with Crippen molar-refractivity contribution in [3.05, 3.63) is 18.2 Å². The Morgan fingerprint density at radius 2 is 2.05 bits per heavy atom. The molecule has 21 heavy (non-hydrogen) atoms. The van der Waals surface area contributed by atoms with E-state index in [0.29, 0.717) is 12.1 Å². The van der Waals surface area contributed by atoms with E-state index in [1.165, 1.54) is 25.7 Å². The summed E-state index contributed by atoms with van der Waals surface area (Å²) < 4.78 is 2.00. The Balaban J connectivity index is 1.77. The van der Waals surface area contributed by atoms with Crippen LogP contribution in [-0.4, -0.2) is 45.3 Å². The van der Waals surface area contributed by atoms with E-state index in [9.17, 15) is 0 Å². The Bertz CT molecular complexity index is 599. The Morgan fingerprint density at radius 1 is 1.29 bits per heavy atom. The topological polar surface area (TPSA) is 58.4 Å². The molecule has 6 heteroatoms. The molecule has 1 aliphatic rings. The molecule has 114 valence electrons. The van der Waals surface area contributed by atoms with Crippen molar-refractivity contribution in [3.8, 4) is 0 Å². The van der Waals surface area contributed by atoms with Gasteiger partial charge in [0.1, 0.15) is 5.82 Å². The van der Waals surface area contributed by atoms with E-state index in [1.807, 2.05) is 23.7 Å². The predicted molar refractivity (Wildman–Crippen MR) is 83.6 cm³/mol. The first-order chi connectivity index (χ1) is 10.2. The van der Waals surface area contributed by atoms with Crippen LogP contribution in [0.3, 0.4) is 0 Å². The average Bonchev–Trinajstić information content (AvgIpc) is 2.89. The Hall–Kier alpha value is -1.69. The number of nitrogens with zero attached hydrogens (tertiary/aromatic N) is 5. The molecule has 1 fully saturated rings. The molecule has 2 aromatic rings. The molecule has 0 spiro atoms. The third-order valence-electron chi connectivity index (χ3n) is 4.55. The maximum Gasteiger partial charge on any atom is 0.203 e. The van der Waals surface area contributed by atoms with Crippen LogP contribution in [0.4, 0.5) is 5.82 Å². The van der Waals surface area contributed by atoms with Crippen molar-refractivity contribution in [2.45, 2.75) is 51.6 Å². The van der Waals surface area contributed by atoms with E-state index >= 15 is 0 Å². The fourth-order valence-electron chi connectivity index (χ4n) is 3.31. The van der Waals surface area contributed by atoms with Crippen LogP contribution >= 0.6 is 0 Å². The van der Waals surface area contributed by atoms with Crippen LogP contribution in [0.1, 0.15) is 38.4 Å². The summed E-state index contributed by atoms with van der Waals surface area (Å²) in [5, 5.41) is 12.0. The van der Waals surface area contributed by atoms with Gasteiger partial charge < -0.3 is 10.2 Å². The minimum Gasteiger partial charge on any atom is -0.354 e. The van der Waals surface area contributed by atoms with E-state index < -0.39 is 0 Å². The SMILES string of the molecule is CCNC1CCC(N(C)c2nccn3c(C)nnc23)CC1. The average molecular weight is 288 g/mol. The van der Waals surface area contributed by atoms with Gasteiger partial charge in [-0.2, -0.15) is 0 Å². The van der Waals surface area contributed by atoms with Crippen molar-refractivity contribution >= 4 is 11.5 Å². The van der Waals surface area contributed by atoms with Crippen LogP contribution in [0.2, 0.25) is 0 Å². The molecule has 2 heterocycles. The number of aryl methyl sites for hydroxylation is 1. The van der Waals surface area contributed by atoms with Crippen molar-refractivity contribution < 1.29 is 0 Å². The summed E-state index contributed by atoms with van der Waals surface area (Å²) in [6, 6.07) is 1.22. The molecule has 6 nitrogen and oxygen atoms in total. The zero-order valence-electron chi connectivity index (χ0n) is 13.1. The van der Waals surface area contributed by atoms with Crippen LogP contribution < -0.4 is 10.2 Å². The summed E-state index contributed by atoms with van der Waals surface area (Å²) in [5.41, 5.74) is 0.853. The highest BCUT2D eigenvalue weighted by atomic mass is 15.3. The molecule has 1 N–H and O–H groups in total. The molecular formula is C15H24N6. The van der Waals surface area contributed by atoms with Gasteiger partial charge in [-0.3, -0.25) is 4.40 Å². The van der Waals surface area contributed by atoms with Crippen LogP contribution in [0, 0.1) is 6.92 Å². The smallest absolute Gasteiger partial charge is 0.203 e. The largest absolute Gasteiger partial charge is 0.354 e. The van der Waals surface area contributed by atoms with Gasteiger partial charge in [-0.25, -0.2) is 4.98 Å². The molecule has 0 atom stereocenters. The Morgan fingerprint density at radius 3 is 2.76 bits per heavy atom. The Kier molecular flexibility index (Phi) is 4.05. The molecule has 0 bridgehead atoms. The highest BCUT2D eigenvalue weighted by Crippen LogP contribution is 2.27. The van der Waals surface area contributed by atoms with Gasteiger partial charge >= 0.3 is 0 Å². The molecule has 0 radical (unpaired) electrons. The van der Waals surface area contributed by atoms with Gasteiger partial charge in [-0.1, -0.05) is 6.92 Å². The normalized spacial score (nSPS) is 22.6. The van der Waals surface area contributed by atoms with Gasteiger partial charge in [0.15, 0.2) is 5.82 Å². The second kappa shape index (κ2) is 5.97. The van der Waals surface area contributed by atoms with Gasteiger partial charge in [0.25, 0.3) is 0 Å². The summed E-state index contributed by atoms with van der Waals surface area (Å²) in [6.07, 6.45) is 8.62. The monoisotopic (exact) mass is 288 g/mol. The fraction of sp³-hybridized carbons (Fsp3) is 0.667. The number of fused-ring (bicyclic) bond motifs is 1. The summed E-state index contributed by atoms with van der Waals surface area (Å²) in [6.45, 7) is 5.20. The first-order valence-electron chi connectivity index (χ1n) is 7.83. The van der Waals surface area contributed by atoms with E-state index in [0.717, 1.165) is 23.8 Å². The summed E-state index contributed by atoms with van der Waals surface area (Å²) in [5.74, 6) is 1.84. The second-order valence-electron chi connectivity index (χ2n) is 5.87. The third kappa shape index (κ3) is 2.72.